The van der Waals surface area contributed by atoms with Crippen LogP contribution < -0.4 is 10.1 Å². The van der Waals surface area contributed by atoms with E-state index < -0.39 is 0 Å². The van der Waals surface area contributed by atoms with Gasteiger partial charge in [0.05, 0.1) is 0 Å². The fraction of sp³-hybridized carbons (Fsp3) is 0.400. The van der Waals surface area contributed by atoms with Crippen molar-refractivity contribution in [2.24, 2.45) is 0 Å². The van der Waals surface area contributed by atoms with E-state index in [1.807, 2.05) is 32.9 Å². The zero-order valence-electron chi connectivity index (χ0n) is 12.4. The zero-order chi connectivity index (χ0) is 15.2. The predicted octanol–water partition coefficient (Wildman–Crippen LogP) is 2.20. The van der Waals surface area contributed by atoms with Crippen molar-refractivity contribution in [3.8, 4) is 17.2 Å². The third-order valence-corrected chi connectivity index (χ3v) is 2.69. The zero-order valence-corrected chi connectivity index (χ0v) is 12.4. The highest BCUT2D eigenvalue weighted by molar-refractivity contribution is 5.77. The van der Waals surface area contributed by atoms with Crippen LogP contribution in [0.5, 0.6) is 5.75 Å². The second-order valence-electron chi connectivity index (χ2n) is 4.89. The second-order valence-corrected chi connectivity index (χ2v) is 4.89. The average Bonchev–Trinajstić information content (AvgIpc) is 2.94. The summed E-state index contributed by atoms with van der Waals surface area (Å²) in [7, 11) is 0. The lowest BCUT2D eigenvalue weighted by molar-refractivity contribution is -0.123. The number of benzene rings is 1. The molecule has 0 aliphatic heterocycles. The SMILES string of the molecule is CCc1nnc(-c2ccc(OCC(=O)NC(C)C)cc2)o1. The first-order valence-electron chi connectivity index (χ1n) is 6.93. The van der Waals surface area contributed by atoms with Crippen molar-refractivity contribution >= 4 is 5.91 Å². The topological polar surface area (TPSA) is 77.2 Å². The van der Waals surface area contributed by atoms with Gasteiger partial charge in [-0.25, -0.2) is 0 Å². The molecular weight excluding hydrogens is 270 g/mol. The Kier molecular flexibility index (Phi) is 4.92. The van der Waals surface area contributed by atoms with Gasteiger partial charge in [0.1, 0.15) is 5.75 Å². The number of amides is 1. The molecule has 2 rings (SSSR count). The van der Waals surface area contributed by atoms with Crippen molar-refractivity contribution < 1.29 is 13.9 Å². The van der Waals surface area contributed by atoms with Crippen LogP contribution in [0.15, 0.2) is 28.7 Å². The fourth-order valence-corrected chi connectivity index (χ4v) is 1.72. The molecule has 112 valence electrons. The number of aryl methyl sites for hydroxylation is 1. The number of nitrogens with one attached hydrogen (secondary N) is 1. The molecule has 0 aliphatic rings. The van der Waals surface area contributed by atoms with Crippen LogP contribution >= 0.6 is 0 Å². The smallest absolute Gasteiger partial charge is 0.258 e. The molecule has 0 saturated heterocycles. The van der Waals surface area contributed by atoms with E-state index in [-0.39, 0.29) is 18.6 Å². The van der Waals surface area contributed by atoms with Crippen LogP contribution in [-0.2, 0) is 11.2 Å². The van der Waals surface area contributed by atoms with E-state index in [1.54, 1.807) is 12.1 Å². The van der Waals surface area contributed by atoms with Crippen molar-refractivity contribution in [3.05, 3.63) is 30.2 Å². The van der Waals surface area contributed by atoms with Crippen molar-refractivity contribution in [1.82, 2.24) is 15.5 Å². The number of hydrogen-bond donors (Lipinski definition) is 1. The molecule has 1 heterocycles. The number of nitrogens with zero attached hydrogens (tertiary/aromatic N) is 2. The molecule has 0 spiro atoms. The number of carbonyl (C=O) groups is 1. The van der Waals surface area contributed by atoms with Crippen molar-refractivity contribution in [2.45, 2.75) is 33.2 Å². The van der Waals surface area contributed by atoms with E-state index in [1.165, 1.54) is 0 Å². The largest absolute Gasteiger partial charge is 0.484 e. The number of rotatable bonds is 6. The van der Waals surface area contributed by atoms with Crippen LogP contribution in [0.3, 0.4) is 0 Å². The average molecular weight is 289 g/mol. The molecular formula is C15H19N3O3. The highest BCUT2D eigenvalue weighted by Gasteiger charge is 2.08. The summed E-state index contributed by atoms with van der Waals surface area (Å²) < 4.78 is 10.9. The number of aromatic nitrogens is 2. The molecule has 0 unspecified atom stereocenters. The van der Waals surface area contributed by atoms with Crippen molar-refractivity contribution in [2.75, 3.05) is 6.61 Å². The van der Waals surface area contributed by atoms with Gasteiger partial charge in [0, 0.05) is 18.0 Å². The Morgan fingerprint density at radius 3 is 2.57 bits per heavy atom. The van der Waals surface area contributed by atoms with Gasteiger partial charge >= 0.3 is 0 Å². The lowest BCUT2D eigenvalue weighted by atomic mass is 10.2. The van der Waals surface area contributed by atoms with Crippen LogP contribution in [-0.4, -0.2) is 28.8 Å². The van der Waals surface area contributed by atoms with Crippen LogP contribution in [0.25, 0.3) is 11.5 Å². The second kappa shape index (κ2) is 6.88. The predicted molar refractivity (Wildman–Crippen MR) is 77.9 cm³/mol. The van der Waals surface area contributed by atoms with E-state index in [9.17, 15) is 4.79 Å². The molecule has 0 atom stereocenters. The maximum Gasteiger partial charge on any atom is 0.258 e. The summed E-state index contributed by atoms with van der Waals surface area (Å²) in [5.74, 6) is 1.57. The van der Waals surface area contributed by atoms with Gasteiger partial charge in [-0.2, -0.15) is 0 Å². The van der Waals surface area contributed by atoms with Crippen molar-refractivity contribution in [1.29, 1.82) is 0 Å². The Bertz CT molecular complexity index is 590. The molecule has 0 saturated carbocycles. The van der Waals surface area contributed by atoms with Gasteiger partial charge < -0.3 is 14.5 Å². The first kappa shape index (κ1) is 15.0. The minimum atomic E-state index is -0.140. The summed E-state index contributed by atoms with van der Waals surface area (Å²) in [6.07, 6.45) is 0.707. The number of carbonyl (C=O) groups excluding carboxylic acids is 1. The molecule has 1 N–H and O–H groups in total. The molecule has 0 bridgehead atoms. The first-order chi connectivity index (χ1) is 10.1. The molecule has 0 radical (unpaired) electrons. The molecule has 21 heavy (non-hydrogen) atoms. The maximum absolute atomic E-state index is 11.5. The monoisotopic (exact) mass is 289 g/mol. The first-order valence-corrected chi connectivity index (χ1v) is 6.93. The van der Waals surface area contributed by atoms with Gasteiger partial charge in [0.2, 0.25) is 11.8 Å². The molecule has 6 heteroatoms. The standard InChI is InChI=1S/C15H19N3O3/c1-4-14-17-18-15(21-14)11-5-7-12(8-6-11)20-9-13(19)16-10(2)3/h5-8,10H,4,9H2,1-3H3,(H,16,19). The Labute approximate surface area is 123 Å². The van der Waals surface area contributed by atoms with E-state index in [0.717, 1.165) is 5.56 Å². The molecule has 6 nitrogen and oxygen atoms in total. The van der Waals surface area contributed by atoms with Gasteiger partial charge in [-0.15, -0.1) is 10.2 Å². The van der Waals surface area contributed by atoms with Gasteiger partial charge in [0.25, 0.3) is 5.91 Å². The fourth-order valence-electron chi connectivity index (χ4n) is 1.72. The Morgan fingerprint density at radius 1 is 1.29 bits per heavy atom. The van der Waals surface area contributed by atoms with Crippen LogP contribution in [0, 0.1) is 0 Å². The van der Waals surface area contributed by atoms with Gasteiger partial charge in [-0.3, -0.25) is 4.79 Å². The highest BCUT2D eigenvalue weighted by atomic mass is 16.5. The molecule has 0 aliphatic carbocycles. The van der Waals surface area contributed by atoms with E-state index in [0.29, 0.717) is 24.0 Å². The molecule has 1 aromatic carbocycles. The lowest BCUT2D eigenvalue weighted by Crippen LogP contribution is -2.34. The van der Waals surface area contributed by atoms with E-state index >= 15 is 0 Å². The summed E-state index contributed by atoms with van der Waals surface area (Å²) in [6, 6.07) is 7.29. The summed E-state index contributed by atoms with van der Waals surface area (Å²) in [5, 5.41) is 10.7. The Hall–Kier alpha value is -2.37. The third-order valence-electron chi connectivity index (χ3n) is 2.69. The maximum atomic E-state index is 11.5. The minimum absolute atomic E-state index is 0.00192. The molecule has 0 fully saturated rings. The number of hydrogen-bond acceptors (Lipinski definition) is 5. The summed E-state index contributed by atoms with van der Waals surface area (Å²) in [5.41, 5.74) is 0.821. The summed E-state index contributed by atoms with van der Waals surface area (Å²) in [6.45, 7) is 5.76. The molecule has 1 amide bonds. The summed E-state index contributed by atoms with van der Waals surface area (Å²) >= 11 is 0. The Morgan fingerprint density at radius 2 is 2.00 bits per heavy atom. The quantitative estimate of drug-likeness (QED) is 0.882. The van der Waals surface area contributed by atoms with Gasteiger partial charge in [0.15, 0.2) is 6.61 Å². The van der Waals surface area contributed by atoms with Crippen LogP contribution in [0.2, 0.25) is 0 Å². The Balaban J connectivity index is 1.94. The van der Waals surface area contributed by atoms with Gasteiger partial charge in [-0.05, 0) is 38.1 Å². The van der Waals surface area contributed by atoms with Crippen molar-refractivity contribution in [3.63, 3.8) is 0 Å². The normalized spacial score (nSPS) is 10.7. The van der Waals surface area contributed by atoms with E-state index in [4.69, 9.17) is 9.15 Å². The highest BCUT2D eigenvalue weighted by Crippen LogP contribution is 2.21. The van der Waals surface area contributed by atoms with Crippen LogP contribution in [0.4, 0.5) is 0 Å². The summed E-state index contributed by atoms with van der Waals surface area (Å²) in [4.78, 5) is 11.5. The third kappa shape index (κ3) is 4.30. The molecule has 2 aromatic rings. The minimum Gasteiger partial charge on any atom is -0.484 e. The lowest BCUT2D eigenvalue weighted by Gasteiger charge is -2.09. The number of ether oxygens (including phenoxy) is 1. The van der Waals surface area contributed by atoms with E-state index in [2.05, 4.69) is 15.5 Å². The van der Waals surface area contributed by atoms with Crippen LogP contribution in [0.1, 0.15) is 26.7 Å². The van der Waals surface area contributed by atoms with Gasteiger partial charge in [-0.1, -0.05) is 6.92 Å². The molecule has 1 aromatic heterocycles.